The van der Waals surface area contributed by atoms with Crippen LogP contribution in [0.2, 0.25) is 0 Å². The van der Waals surface area contributed by atoms with Gasteiger partial charge in [-0.1, -0.05) is 133 Å². The molecule has 49 heavy (non-hydrogen) atoms. The second-order valence-corrected chi connectivity index (χ2v) is 12.4. The highest BCUT2D eigenvalue weighted by Crippen LogP contribution is 2.40. The fraction of sp³-hybridized carbons (Fsp3) is 0. The zero-order chi connectivity index (χ0) is 32.3. The van der Waals surface area contributed by atoms with E-state index in [9.17, 15) is 0 Å². The van der Waals surface area contributed by atoms with E-state index in [1.165, 1.54) is 32.3 Å². The van der Waals surface area contributed by atoms with Crippen molar-refractivity contribution in [2.75, 3.05) is 0 Å². The van der Waals surface area contributed by atoms with Crippen LogP contribution in [-0.2, 0) is 0 Å². The highest BCUT2D eigenvalue weighted by Gasteiger charge is 2.19. The Kier molecular flexibility index (Phi) is 6.15. The minimum absolute atomic E-state index is 0.832. The quantitative estimate of drug-likeness (QED) is 0.196. The number of hydrogen-bond acceptors (Lipinski definition) is 3. The van der Waals surface area contributed by atoms with Gasteiger partial charge in [0.05, 0.1) is 39.1 Å². The summed E-state index contributed by atoms with van der Waals surface area (Å²) < 4.78 is 2.31. The van der Waals surface area contributed by atoms with Gasteiger partial charge in [-0.25, -0.2) is 15.0 Å². The first-order chi connectivity index (χ1) is 24.3. The SMILES string of the molecule is c1ccc(-c2nc3ccc(-c4cccc(-n5c6ccc7ccccc7c6c6c7ccccc7ccc65)n4)cc3nc2-c2ccccc2)cc1. The normalized spacial score (nSPS) is 11.7. The van der Waals surface area contributed by atoms with Gasteiger partial charge in [0.1, 0.15) is 5.82 Å². The van der Waals surface area contributed by atoms with Crippen molar-refractivity contribution in [1.29, 1.82) is 0 Å². The lowest BCUT2D eigenvalue weighted by Crippen LogP contribution is -1.99. The fourth-order valence-electron chi connectivity index (χ4n) is 7.31. The third-order valence-electron chi connectivity index (χ3n) is 9.56. The van der Waals surface area contributed by atoms with E-state index in [-0.39, 0.29) is 0 Å². The highest BCUT2D eigenvalue weighted by atomic mass is 15.1. The third-order valence-corrected chi connectivity index (χ3v) is 9.56. The van der Waals surface area contributed by atoms with Crippen LogP contribution in [0.25, 0.3) is 94.0 Å². The summed E-state index contributed by atoms with van der Waals surface area (Å²) in [7, 11) is 0. The van der Waals surface area contributed by atoms with Crippen LogP contribution in [0, 0.1) is 0 Å². The van der Waals surface area contributed by atoms with E-state index in [1.54, 1.807) is 0 Å². The number of aromatic nitrogens is 4. The molecule has 0 saturated heterocycles. The van der Waals surface area contributed by atoms with Crippen LogP contribution in [0.5, 0.6) is 0 Å². The van der Waals surface area contributed by atoms with Gasteiger partial charge in [0.15, 0.2) is 0 Å². The summed E-state index contributed by atoms with van der Waals surface area (Å²) in [6.07, 6.45) is 0. The zero-order valence-corrected chi connectivity index (χ0v) is 26.5. The van der Waals surface area contributed by atoms with E-state index < -0.39 is 0 Å². The van der Waals surface area contributed by atoms with Crippen LogP contribution in [0.15, 0.2) is 170 Å². The van der Waals surface area contributed by atoms with Gasteiger partial charge < -0.3 is 0 Å². The molecule has 0 bridgehead atoms. The van der Waals surface area contributed by atoms with Gasteiger partial charge in [-0.05, 0) is 57.9 Å². The second kappa shape index (κ2) is 11.0. The first kappa shape index (κ1) is 27.5. The highest BCUT2D eigenvalue weighted by molar-refractivity contribution is 6.28. The van der Waals surface area contributed by atoms with Crippen molar-refractivity contribution in [3.63, 3.8) is 0 Å². The summed E-state index contributed by atoms with van der Waals surface area (Å²) in [4.78, 5) is 15.7. The molecule has 7 aromatic carbocycles. The topological polar surface area (TPSA) is 43.6 Å². The number of benzene rings is 7. The molecule has 4 nitrogen and oxygen atoms in total. The molecule has 0 saturated carbocycles. The molecule has 3 aromatic heterocycles. The number of nitrogens with zero attached hydrogens (tertiary/aromatic N) is 4. The van der Waals surface area contributed by atoms with Crippen molar-refractivity contribution < 1.29 is 0 Å². The van der Waals surface area contributed by atoms with Gasteiger partial charge in [0.2, 0.25) is 0 Å². The molecule has 0 spiro atoms. The van der Waals surface area contributed by atoms with Crippen LogP contribution in [-0.4, -0.2) is 19.5 Å². The molecule has 10 aromatic rings. The monoisotopic (exact) mass is 624 g/mol. The molecule has 0 aliphatic heterocycles. The van der Waals surface area contributed by atoms with Crippen molar-refractivity contribution in [3.8, 4) is 39.6 Å². The summed E-state index contributed by atoms with van der Waals surface area (Å²) in [6.45, 7) is 0. The van der Waals surface area contributed by atoms with E-state index in [0.29, 0.717) is 0 Å². The number of hydrogen-bond donors (Lipinski definition) is 0. The van der Waals surface area contributed by atoms with Crippen molar-refractivity contribution in [1.82, 2.24) is 19.5 Å². The minimum atomic E-state index is 0.832. The van der Waals surface area contributed by atoms with Crippen molar-refractivity contribution in [3.05, 3.63) is 170 Å². The molecule has 10 rings (SSSR count). The molecule has 0 radical (unpaired) electrons. The predicted molar refractivity (Wildman–Crippen MR) is 203 cm³/mol. The van der Waals surface area contributed by atoms with Crippen LogP contribution in [0.4, 0.5) is 0 Å². The first-order valence-electron chi connectivity index (χ1n) is 16.5. The molecule has 0 fully saturated rings. The average molecular weight is 625 g/mol. The minimum Gasteiger partial charge on any atom is -0.294 e. The number of pyridine rings is 1. The van der Waals surface area contributed by atoms with Gasteiger partial charge in [-0.2, -0.15) is 0 Å². The number of rotatable bonds is 4. The van der Waals surface area contributed by atoms with Gasteiger partial charge in [0, 0.05) is 27.5 Å². The van der Waals surface area contributed by atoms with Crippen molar-refractivity contribution in [2.24, 2.45) is 0 Å². The molecule has 4 heteroatoms. The summed E-state index contributed by atoms with van der Waals surface area (Å²) in [5.74, 6) is 0.874. The molecule has 228 valence electrons. The lowest BCUT2D eigenvalue weighted by molar-refractivity contribution is 1.08. The van der Waals surface area contributed by atoms with Gasteiger partial charge in [-0.15, -0.1) is 0 Å². The molecule has 0 aliphatic rings. The fourth-order valence-corrected chi connectivity index (χ4v) is 7.31. The number of fused-ring (bicyclic) bond motifs is 8. The summed E-state index contributed by atoms with van der Waals surface area (Å²) >= 11 is 0. The predicted octanol–water partition coefficient (Wildman–Crippen LogP) is 11.4. The Balaban J connectivity index is 1.17. The maximum absolute atomic E-state index is 5.31. The molecular weight excluding hydrogens is 597 g/mol. The summed E-state index contributed by atoms with van der Waals surface area (Å²) in [5.41, 5.74) is 9.64. The Morgan fingerprint density at radius 3 is 1.53 bits per heavy atom. The Morgan fingerprint density at radius 2 is 0.918 bits per heavy atom. The van der Waals surface area contributed by atoms with E-state index in [0.717, 1.165) is 61.7 Å². The molecule has 0 aliphatic carbocycles. The van der Waals surface area contributed by atoms with Crippen LogP contribution in [0.3, 0.4) is 0 Å². The van der Waals surface area contributed by atoms with E-state index in [4.69, 9.17) is 15.0 Å². The van der Waals surface area contributed by atoms with Gasteiger partial charge in [-0.3, -0.25) is 4.57 Å². The van der Waals surface area contributed by atoms with E-state index in [1.807, 2.05) is 36.4 Å². The van der Waals surface area contributed by atoms with Crippen LogP contribution in [0.1, 0.15) is 0 Å². The molecule has 0 amide bonds. The molecule has 0 unspecified atom stereocenters. The van der Waals surface area contributed by atoms with Crippen LogP contribution >= 0.6 is 0 Å². The Bertz CT molecular complexity index is 2780. The maximum Gasteiger partial charge on any atom is 0.138 e. The molecule has 0 N–H and O–H groups in total. The maximum atomic E-state index is 5.31. The third kappa shape index (κ3) is 4.42. The smallest absolute Gasteiger partial charge is 0.138 e. The summed E-state index contributed by atoms with van der Waals surface area (Å²) in [5, 5.41) is 7.45. The standard InChI is InChI=1S/C45H28N4/c1-3-14-31(15-4-1)44-45(32-16-5-2-6-17-32)48-38-28-33(22-25-37(38)47-44)36-20-11-21-41(46-36)49-39-26-23-29-12-7-9-18-34(29)42(39)43-35-19-10-8-13-30(35)24-27-40(43)49/h1-28H. The second-order valence-electron chi connectivity index (χ2n) is 12.4. The molecular formula is C45H28N4. The van der Waals surface area contributed by atoms with Gasteiger partial charge >= 0.3 is 0 Å². The Hall–Kier alpha value is -6.65. The van der Waals surface area contributed by atoms with E-state index >= 15 is 0 Å². The molecule has 0 atom stereocenters. The Morgan fingerprint density at radius 1 is 0.367 bits per heavy atom. The van der Waals surface area contributed by atoms with Gasteiger partial charge in [0.25, 0.3) is 0 Å². The lowest BCUT2D eigenvalue weighted by atomic mass is 10.00. The summed E-state index contributed by atoms with van der Waals surface area (Å²) in [6, 6.07) is 59.4. The Labute approximate surface area is 282 Å². The zero-order valence-electron chi connectivity index (χ0n) is 26.5. The lowest BCUT2D eigenvalue weighted by Gasteiger charge is -2.12. The van der Waals surface area contributed by atoms with Crippen molar-refractivity contribution in [2.45, 2.75) is 0 Å². The van der Waals surface area contributed by atoms with E-state index in [2.05, 4.69) is 138 Å². The molecule has 3 heterocycles. The van der Waals surface area contributed by atoms with Crippen LogP contribution < -0.4 is 0 Å². The largest absolute Gasteiger partial charge is 0.294 e. The average Bonchev–Trinajstić information content (AvgIpc) is 3.53. The first-order valence-corrected chi connectivity index (χ1v) is 16.5. The van der Waals surface area contributed by atoms with Crippen molar-refractivity contribution >= 4 is 54.4 Å².